The molecule has 2 rings (SSSR count). The monoisotopic (exact) mass is 271 g/mol. The Morgan fingerprint density at radius 3 is 2.90 bits per heavy atom. The lowest BCUT2D eigenvalue weighted by Gasteiger charge is -2.17. The minimum Gasteiger partial charge on any atom is -0.409 e. The summed E-state index contributed by atoms with van der Waals surface area (Å²) in [6.07, 6.45) is 1.59. The van der Waals surface area contributed by atoms with Crippen molar-refractivity contribution in [1.82, 2.24) is 9.97 Å². The summed E-state index contributed by atoms with van der Waals surface area (Å²) in [7, 11) is 1.90. The molecule has 1 heterocycles. The van der Waals surface area contributed by atoms with E-state index in [2.05, 4.69) is 40.2 Å². The first-order valence-electron chi connectivity index (χ1n) is 6.18. The molecule has 0 saturated carbocycles. The molecule has 20 heavy (non-hydrogen) atoms. The van der Waals surface area contributed by atoms with Gasteiger partial charge in [-0.15, -0.1) is 0 Å². The number of aryl methyl sites for hydroxylation is 1. The molecule has 2 aromatic rings. The predicted molar refractivity (Wildman–Crippen MR) is 77.8 cm³/mol. The molecule has 0 aliphatic carbocycles. The summed E-state index contributed by atoms with van der Waals surface area (Å²) in [5.74, 6) is 0.494. The van der Waals surface area contributed by atoms with Crippen LogP contribution in [0.2, 0.25) is 0 Å². The second-order valence-corrected chi connectivity index (χ2v) is 4.57. The van der Waals surface area contributed by atoms with E-state index in [4.69, 9.17) is 10.9 Å². The molecule has 0 amide bonds. The van der Waals surface area contributed by atoms with Crippen molar-refractivity contribution in [1.29, 1.82) is 0 Å². The molecule has 3 N–H and O–H groups in total. The number of nitrogens with two attached hydrogens (primary N) is 1. The average molecular weight is 271 g/mol. The van der Waals surface area contributed by atoms with Crippen molar-refractivity contribution in [3.8, 4) is 0 Å². The van der Waals surface area contributed by atoms with Gasteiger partial charge in [0.1, 0.15) is 5.69 Å². The van der Waals surface area contributed by atoms with Crippen LogP contribution in [-0.2, 0) is 6.54 Å². The summed E-state index contributed by atoms with van der Waals surface area (Å²) in [5.41, 5.74) is 8.31. The van der Waals surface area contributed by atoms with Gasteiger partial charge in [0.05, 0.1) is 0 Å². The fourth-order valence-corrected chi connectivity index (χ4v) is 1.88. The first-order chi connectivity index (χ1) is 9.60. The van der Waals surface area contributed by atoms with Gasteiger partial charge in [0.25, 0.3) is 0 Å². The van der Waals surface area contributed by atoms with Crippen molar-refractivity contribution in [2.45, 2.75) is 13.5 Å². The van der Waals surface area contributed by atoms with Gasteiger partial charge in [-0.3, -0.25) is 0 Å². The second kappa shape index (κ2) is 6.01. The van der Waals surface area contributed by atoms with E-state index in [1.807, 2.05) is 18.0 Å². The molecule has 0 spiro atoms. The summed E-state index contributed by atoms with van der Waals surface area (Å²) in [6, 6.07) is 9.84. The van der Waals surface area contributed by atoms with Crippen molar-refractivity contribution < 1.29 is 5.21 Å². The summed E-state index contributed by atoms with van der Waals surface area (Å²) in [4.78, 5) is 10.4. The van der Waals surface area contributed by atoms with Crippen molar-refractivity contribution >= 4 is 11.8 Å². The van der Waals surface area contributed by atoms with Gasteiger partial charge in [-0.1, -0.05) is 35.0 Å². The number of rotatable bonds is 4. The number of hydrogen-bond donors (Lipinski definition) is 2. The van der Waals surface area contributed by atoms with Crippen molar-refractivity contribution in [2.24, 2.45) is 10.9 Å². The van der Waals surface area contributed by atoms with Crippen LogP contribution >= 0.6 is 0 Å². The molecule has 0 aliphatic rings. The van der Waals surface area contributed by atoms with E-state index < -0.39 is 0 Å². The van der Waals surface area contributed by atoms with Gasteiger partial charge in [0.2, 0.25) is 5.95 Å². The van der Waals surface area contributed by atoms with Gasteiger partial charge in [-0.05, 0) is 18.6 Å². The minimum absolute atomic E-state index is 0.0300. The zero-order chi connectivity index (χ0) is 14.5. The first-order valence-corrected chi connectivity index (χ1v) is 6.18. The molecule has 6 nitrogen and oxygen atoms in total. The molecule has 104 valence electrons. The Balaban J connectivity index is 2.19. The third-order valence-corrected chi connectivity index (χ3v) is 2.86. The quantitative estimate of drug-likeness (QED) is 0.381. The van der Waals surface area contributed by atoms with Crippen molar-refractivity contribution in [3.63, 3.8) is 0 Å². The zero-order valence-corrected chi connectivity index (χ0v) is 11.5. The van der Waals surface area contributed by atoms with Gasteiger partial charge < -0.3 is 15.8 Å². The summed E-state index contributed by atoms with van der Waals surface area (Å²) < 4.78 is 0. The Kier molecular flexibility index (Phi) is 4.14. The highest BCUT2D eigenvalue weighted by atomic mass is 16.4. The van der Waals surface area contributed by atoms with Gasteiger partial charge in [-0.25, -0.2) is 9.97 Å². The molecule has 0 atom stereocenters. The van der Waals surface area contributed by atoms with Crippen LogP contribution in [0.15, 0.2) is 41.7 Å². The Bertz CT molecular complexity index is 626. The molecule has 0 radical (unpaired) electrons. The molecule has 6 heteroatoms. The maximum atomic E-state index is 8.67. The normalized spacial score (nSPS) is 11.4. The van der Waals surface area contributed by atoms with Gasteiger partial charge >= 0.3 is 0 Å². The third kappa shape index (κ3) is 3.23. The van der Waals surface area contributed by atoms with Crippen molar-refractivity contribution in [2.75, 3.05) is 11.9 Å². The Labute approximate surface area is 117 Å². The first kappa shape index (κ1) is 13.8. The van der Waals surface area contributed by atoms with Crippen LogP contribution in [0.4, 0.5) is 5.95 Å². The van der Waals surface area contributed by atoms with Gasteiger partial charge in [0, 0.05) is 19.8 Å². The van der Waals surface area contributed by atoms with Crippen LogP contribution in [0, 0.1) is 6.92 Å². The van der Waals surface area contributed by atoms with E-state index in [1.54, 1.807) is 12.3 Å². The van der Waals surface area contributed by atoms with Crippen LogP contribution in [-0.4, -0.2) is 28.1 Å². The van der Waals surface area contributed by atoms with E-state index in [9.17, 15) is 0 Å². The number of benzene rings is 1. The molecule has 0 bridgehead atoms. The highest BCUT2D eigenvalue weighted by molar-refractivity contribution is 5.95. The fraction of sp³-hybridized carbons (Fsp3) is 0.214. The van der Waals surface area contributed by atoms with Crippen LogP contribution in [0.1, 0.15) is 16.8 Å². The maximum Gasteiger partial charge on any atom is 0.226 e. The topological polar surface area (TPSA) is 87.6 Å². The zero-order valence-electron chi connectivity index (χ0n) is 11.5. The molecule has 1 aromatic carbocycles. The van der Waals surface area contributed by atoms with Gasteiger partial charge in [-0.2, -0.15) is 0 Å². The van der Waals surface area contributed by atoms with E-state index in [0.717, 1.165) is 0 Å². The van der Waals surface area contributed by atoms with E-state index in [1.165, 1.54) is 11.1 Å². The summed E-state index contributed by atoms with van der Waals surface area (Å²) >= 11 is 0. The number of hydrogen-bond acceptors (Lipinski definition) is 5. The Hall–Kier alpha value is -2.63. The maximum absolute atomic E-state index is 8.67. The van der Waals surface area contributed by atoms with Crippen LogP contribution in [0.3, 0.4) is 0 Å². The second-order valence-electron chi connectivity index (χ2n) is 4.57. The number of nitrogens with zero attached hydrogens (tertiary/aromatic N) is 4. The largest absolute Gasteiger partial charge is 0.409 e. The molecule has 0 fully saturated rings. The number of anilines is 1. The van der Waals surface area contributed by atoms with Crippen LogP contribution in [0.5, 0.6) is 0 Å². The Morgan fingerprint density at radius 1 is 1.40 bits per heavy atom. The fourth-order valence-electron chi connectivity index (χ4n) is 1.88. The highest BCUT2D eigenvalue weighted by Crippen LogP contribution is 2.11. The molecular formula is C14H17N5O. The van der Waals surface area contributed by atoms with Crippen molar-refractivity contribution in [3.05, 3.63) is 53.3 Å². The van der Waals surface area contributed by atoms with Crippen LogP contribution in [0.25, 0.3) is 0 Å². The molecule has 1 aromatic heterocycles. The molecular weight excluding hydrogens is 254 g/mol. The standard InChI is InChI=1S/C14H17N5O/c1-10-4-3-5-11(8-10)9-19(2)14-16-7-6-12(17-14)13(15)18-20/h3-8,20H,9H2,1-2H3,(H2,15,18). The summed E-state index contributed by atoms with van der Waals surface area (Å²) in [6.45, 7) is 2.74. The van der Waals surface area contributed by atoms with Crippen LogP contribution < -0.4 is 10.6 Å². The molecule has 0 saturated heterocycles. The number of amidine groups is 1. The molecule has 0 unspecified atom stereocenters. The van der Waals surface area contributed by atoms with E-state index in [0.29, 0.717) is 18.2 Å². The number of aromatic nitrogens is 2. The third-order valence-electron chi connectivity index (χ3n) is 2.86. The average Bonchev–Trinajstić information content (AvgIpc) is 2.46. The predicted octanol–water partition coefficient (Wildman–Crippen LogP) is 1.52. The smallest absolute Gasteiger partial charge is 0.226 e. The lowest BCUT2D eigenvalue weighted by atomic mass is 10.1. The summed E-state index contributed by atoms with van der Waals surface area (Å²) in [5, 5.41) is 11.6. The lowest BCUT2D eigenvalue weighted by molar-refractivity contribution is 0.318. The Morgan fingerprint density at radius 2 is 2.20 bits per heavy atom. The minimum atomic E-state index is -0.0300. The highest BCUT2D eigenvalue weighted by Gasteiger charge is 2.08. The number of oxime groups is 1. The lowest BCUT2D eigenvalue weighted by Crippen LogP contribution is -2.22. The van der Waals surface area contributed by atoms with E-state index in [-0.39, 0.29) is 5.84 Å². The van der Waals surface area contributed by atoms with Gasteiger partial charge in [0.15, 0.2) is 5.84 Å². The molecule has 0 aliphatic heterocycles. The SMILES string of the molecule is Cc1cccc(CN(C)c2nccc(/C(N)=N/O)n2)c1. The van der Waals surface area contributed by atoms with E-state index >= 15 is 0 Å².